The number of rotatable bonds is 4. The van der Waals surface area contributed by atoms with E-state index in [9.17, 15) is 14.4 Å². The van der Waals surface area contributed by atoms with Crippen LogP contribution >= 0.6 is 11.3 Å². The van der Waals surface area contributed by atoms with Gasteiger partial charge in [-0.25, -0.2) is 4.39 Å². The summed E-state index contributed by atoms with van der Waals surface area (Å²) < 4.78 is 20.2. The summed E-state index contributed by atoms with van der Waals surface area (Å²) in [6.45, 7) is 2.15. The van der Waals surface area contributed by atoms with Gasteiger partial charge in [-0.3, -0.25) is 4.79 Å². The van der Waals surface area contributed by atoms with Crippen molar-refractivity contribution in [2.24, 2.45) is 4.99 Å². The molecular weight excluding hydrogens is 393 g/mol. The van der Waals surface area contributed by atoms with Crippen LogP contribution in [0, 0.1) is 28.5 Å². The van der Waals surface area contributed by atoms with Gasteiger partial charge in [-0.05, 0) is 12.1 Å². The predicted molar refractivity (Wildman–Crippen MR) is 109 cm³/mol. The minimum absolute atomic E-state index is 0.0970. The predicted octanol–water partition coefficient (Wildman–Crippen LogP) is 2.86. The zero-order chi connectivity index (χ0) is 21.0. The summed E-state index contributed by atoms with van der Waals surface area (Å²) in [5, 5.41) is 19.5. The molecular formula is C20H18FN5O2S. The van der Waals surface area contributed by atoms with Gasteiger partial charge in [-0.2, -0.15) is 15.5 Å². The topological polar surface area (TPSA) is 92.7 Å². The lowest BCUT2D eigenvalue weighted by molar-refractivity contribution is 0.101. The van der Waals surface area contributed by atoms with Gasteiger partial charge in [0.25, 0.3) is 5.91 Å². The highest BCUT2D eigenvalue weighted by Gasteiger charge is 2.29. The largest absolute Gasteiger partial charge is 0.378 e. The molecule has 0 atom stereocenters. The first-order chi connectivity index (χ1) is 14.0. The molecule has 1 aliphatic rings. The van der Waals surface area contributed by atoms with Crippen LogP contribution in [0.25, 0.3) is 11.1 Å². The van der Waals surface area contributed by atoms with Crippen LogP contribution < -0.4 is 4.90 Å². The van der Waals surface area contributed by atoms with E-state index in [1.54, 1.807) is 19.0 Å². The summed E-state index contributed by atoms with van der Waals surface area (Å²) in [5.74, 6) is -1.23. The molecule has 148 valence electrons. The Bertz CT molecular complexity index is 1040. The molecule has 0 spiro atoms. The number of anilines is 1. The van der Waals surface area contributed by atoms with Crippen molar-refractivity contribution in [1.82, 2.24) is 4.90 Å². The number of amides is 1. The molecule has 0 radical (unpaired) electrons. The lowest BCUT2D eigenvalue weighted by Crippen LogP contribution is -2.36. The molecule has 29 heavy (non-hydrogen) atoms. The second-order valence-electron chi connectivity index (χ2n) is 6.52. The van der Waals surface area contributed by atoms with Crippen LogP contribution in [0.15, 0.2) is 23.2 Å². The minimum Gasteiger partial charge on any atom is -0.378 e. The Hall–Kier alpha value is -3.27. The first-order valence-corrected chi connectivity index (χ1v) is 9.62. The third-order valence-corrected chi connectivity index (χ3v) is 5.51. The maximum atomic E-state index is 14.8. The number of morpholine rings is 1. The van der Waals surface area contributed by atoms with Crippen LogP contribution in [0.5, 0.6) is 0 Å². The number of nitriles is 2. The molecule has 3 rings (SSSR count). The number of nitrogens with zero attached hydrogens (tertiary/aromatic N) is 5. The number of ether oxygens (including phenoxy) is 1. The van der Waals surface area contributed by atoms with Gasteiger partial charge in [0.1, 0.15) is 21.8 Å². The third-order valence-electron chi connectivity index (χ3n) is 4.27. The lowest BCUT2D eigenvalue weighted by atomic mass is 9.99. The third kappa shape index (κ3) is 4.27. The van der Waals surface area contributed by atoms with Crippen molar-refractivity contribution in [2.75, 3.05) is 45.3 Å². The second kappa shape index (κ2) is 8.82. The number of hydrogen-bond donors (Lipinski definition) is 0. The number of aliphatic imine (C=N–C) groups is 1. The first-order valence-electron chi connectivity index (χ1n) is 8.80. The summed E-state index contributed by atoms with van der Waals surface area (Å²) in [4.78, 5) is 20.5. The average molecular weight is 411 g/mol. The van der Waals surface area contributed by atoms with Crippen LogP contribution in [-0.4, -0.2) is 57.5 Å². The highest BCUT2D eigenvalue weighted by atomic mass is 32.1. The van der Waals surface area contributed by atoms with Crippen molar-refractivity contribution >= 4 is 28.6 Å². The van der Waals surface area contributed by atoms with Crippen LogP contribution in [-0.2, 0) is 4.74 Å². The van der Waals surface area contributed by atoms with Crippen LogP contribution in [0.1, 0.15) is 20.8 Å². The molecule has 2 heterocycles. The van der Waals surface area contributed by atoms with Crippen molar-refractivity contribution < 1.29 is 13.9 Å². The first kappa shape index (κ1) is 20.5. The van der Waals surface area contributed by atoms with Gasteiger partial charge in [0.2, 0.25) is 0 Å². The zero-order valence-electron chi connectivity index (χ0n) is 16.0. The maximum Gasteiger partial charge on any atom is 0.289 e. The van der Waals surface area contributed by atoms with Gasteiger partial charge < -0.3 is 14.5 Å². The zero-order valence-corrected chi connectivity index (χ0v) is 16.8. The number of halogens is 1. The molecule has 1 aromatic carbocycles. The van der Waals surface area contributed by atoms with E-state index in [0.717, 1.165) is 17.4 Å². The Morgan fingerprint density at radius 3 is 2.62 bits per heavy atom. The van der Waals surface area contributed by atoms with Gasteiger partial charge >= 0.3 is 0 Å². The molecule has 0 saturated carbocycles. The number of carbonyl (C=O) groups excluding carboxylic acids is 1. The SMILES string of the molecule is CN(C)C=NC(=O)c1sc(N2CCOCC2)c(C#N)c1-c1ccc(C#N)cc1F. The summed E-state index contributed by atoms with van der Waals surface area (Å²) >= 11 is 1.12. The highest BCUT2D eigenvalue weighted by molar-refractivity contribution is 7.19. The fourth-order valence-corrected chi connectivity index (χ4v) is 4.14. The Kier molecular flexibility index (Phi) is 6.23. The van der Waals surface area contributed by atoms with Gasteiger partial charge in [-0.15, -0.1) is 11.3 Å². The molecule has 0 bridgehead atoms. The van der Waals surface area contributed by atoms with Crippen molar-refractivity contribution in [1.29, 1.82) is 10.5 Å². The fourth-order valence-electron chi connectivity index (χ4n) is 2.93. The van der Waals surface area contributed by atoms with E-state index in [2.05, 4.69) is 11.1 Å². The Morgan fingerprint density at radius 2 is 2.03 bits per heavy atom. The van der Waals surface area contributed by atoms with Crippen molar-refractivity contribution in [3.63, 3.8) is 0 Å². The van der Waals surface area contributed by atoms with E-state index in [1.165, 1.54) is 18.5 Å². The van der Waals surface area contributed by atoms with E-state index < -0.39 is 11.7 Å². The van der Waals surface area contributed by atoms with Gasteiger partial charge in [0.05, 0.1) is 36.7 Å². The van der Waals surface area contributed by atoms with E-state index in [-0.39, 0.29) is 27.1 Å². The van der Waals surface area contributed by atoms with Crippen molar-refractivity contribution in [2.45, 2.75) is 0 Å². The second-order valence-corrected chi connectivity index (χ2v) is 7.52. The molecule has 0 N–H and O–H groups in total. The summed E-state index contributed by atoms with van der Waals surface area (Å²) in [7, 11) is 3.46. The quantitative estimate of drug-likeness (QED) is 0.567. The van der Waals surface area contributed by atoms with Crippen molar-refractivity contribution in [3.05, 3.63) is 40.0 Å². The van der Waals surface area contributed by atoms with E-state index in [4.69, 9.17) is 10.00 Å². The fraction of sp³-hybridized carbons (Fsp3) is 0.300. The van der Waals surface area contributed by atoms with Crippen LogP contribution in [0.4, 0.5) is 9.39 Å². The monoisotopic (exact) mass is 411 g/mol. The number of hydrogen-bond acceptors (Lipinski definition) is 6. The average Bonchev–Trinajstić information content (AvgIpc) is 3.11. The van der Waals surface area contributed by atoms with Crippen LogP contribution in [0.2, 0.25) is 0 Å². The normalized spacial score (nSPS) is 13.9. The standard InChI is InChI=1S/C20H18FN5O2S/c1-25(2)12-24-19(27)18-17(14-4-3-13(10-22)9-16(14)21)15(11-23)20(29-18)26-5-7-28-8-6-26/h3-4,9,12H,5-8H2,1-2H3. The molecule has 0 unspecified atom stereocenters. The Morgan fingerprint density at radius 1 is 1.31 bits per heavy atom. The highest BCUT2D eigenvalue weighted by Crippen LogP contribution is 2.43. The molecule has 1 aromatic heterocycles. The van der Waals surface area contributed by atoms with Crippen LogP contribution in [0.3, 0.4) is 0 Å². The maximum absolute atomic E-state index is 14.8. The summed E-state index contributed by atoms with van der Waals surface area (Å²) in [6.07, 6.45) is 1.36. The molecule has 7 nitrogen and oxygen atoms in total. The van der Waals surface area contributed by atoms with Gasteiger partial charge in [0.15, 0.2) is 0 Å². The Balaban J connectivity index is 2.21. The van der Waals surface area contributed by atoms with Gasteiger partial charge in [-0.1, -0.05) is 6.07 Å². The smallest absolute Gasteiger partial charge is 0.289 e. The minimum atomic E-state index is -0.669. The number of carbonyl (C=O) groups is 1. The van der Waals surface area contributed by atoms with E-state index >= 15 is 0 Å². The lowest BCUT2D eigenvalue weighted by Gasteiger charge is -2.27. The molecule has 2 aromatic rings. The van der Waals surface area contributed by atoms with Gasteiger partial charge in [0, 0.05) is 38.3 Å². The molecule has 1 fully saturated rings. The molecule has 0 aliphatic carbocycles. The summed E-state index contributed by atoms with van der Waals surface area (Å²) in [5.41, 5.74) is 0.692. The number of benzene rings is 1. The molecule has 1 aliphatic heterocycles. The summed E-state index contributed by atoms with van der Waals surface area (Å²) in [6, 6.07) is 8.00. The van der Waals surface area contributed by atoms with Crippen molar-refractivity contribution in [3.8, 4) is 23.3 Å². The molecule has 1 saturated heterocycles. The van der Waals surface area contributed by atoms with E-state index in [0.29, 0.717) is 31.3 Å². The number of thiophene rings is 1. The Labute approximate surface area is 171 Å². The van der Waals surface area contributed by atoms with E-state index in [1.807, 2.05) is 11.0 Å². The molecule has 1 amide bonds. The molecule has 9 heteroatoms.